The quantitative estimate of drug-likeness (QED) is 0.0553. The molecule has 5 atom stereocenters. The highest BCUT2D eigenvalue weighted by atomic mass is 32.2. The van der Waals surface area contributed by atoms with E-state index in [9.17, 15) is 34.2 Å². The molecule has 0 saturated heterocycles. The van der Waals surface area contributed by atoms with Gasteiger partial charge in [0.15, 0.2) is 5.96 Å². The first kappa shape index (κ1) is 32.9. The molecule has 0 fully saturated rings. The van der Waals surface area contributed by atoms with E-state index >= 15 is 0 Å². The SMILES string of the molecule is CCC(C)C(NC(=O)C(CC(=O)O)NC(=O)C(N)CCSC)C(=O)NC(CCCN=C(N)N)C(=O)O. The predicted molar refractivity (Wildman–Crippen MR) is 136 cm³/mol. The summed E-state index contributed by atoms with van der Waals surface area (Å²) in [5.74, 6) is -4.96. The molecule has 206 valence electrons. The molecule has 11 N–H and O–H groups in total. The molecule has 0 aromatic carbocycles. The Morgan fingerprint density at radius 1 is 0.944 bits per heavy atom. The maximum absolute atomic E-state index is 12.9. The summed E-state index contributed by atoms with van der Waals surface area (Å²) in [6.45, 7) is 3.60. The number of carboxylic acid groups (broad SMARTS) is 2. The zero-order chi connectivity index (χ0) is 27.8. The molecule has 15 heteroatoms. The number of guanidine groups is 1. The van der Waals surface area contributed by atoms with Crippen molar-refractivity contribution in [3.05, 3.63) is 0 Å². The summed E-state index contributed by atoms with van der Waals surface area (Å²) in [5, 5.41) is 25.9. The zero-order valence-corrected chi connectivity index (χ0v) is 21.7. The van der Waals surface area contributed by atoms with E-state index in [0.717, 1.165) is 0 Å². The molecule has 0 spiro atoms. The van der Waals surface area contributed by atoms with Gasteiger partial charge < -0.3 is 43.4 Å². The Balaban J connectivity index is 5.49. The number of carbonyl (C=O) groups is 5. The summed E-state index contributed by atoms with van der Waals surface area (Å²) in [7, 11) is 0. The van der Waals surface area contributed by atoms with Crippen molar-refractivity contribution < 1.29 is 34.2 Å². The summed E-state index contributed by atoms with van der Waals surface area (Å²) < 4.78 is 0. The highest BCUT2D eigenvalue weighted by molar-refractivity contribution is 7.98. The Morgan fingerprint density at radius 3 is 2.06 bits per heavy atom. The Bertz CT molecular complexity index is 793. The first-order valence-corrected chi connectivity index (χ1v) is 12.9. The van der Waals surface area contributed by atoms with Gasteiger partial charge in [-0.1, -0.05) is 20.3 Å². The Hall–Kier alpha value is -3.07. The van der Waals surface area contributed by atoms with Gasteiger partial charge in [-0.2, -0.15) is 11.8 Å². The Kier molecular flexibility index (Phi) is 15.9. The van der Waals surface area contributed by atoms with Crippen molar-refractivity contribution in [3.63, 3.8) is 0 Å². The second-order valence-electron chi connectivity index (χ2n) is 8.27. The van der Waals surface area contributed by atoms with Gasteiger partial charge in [-0.25, -0.2) is 4.79 Å². The number of nitrogens with zero attached hydrogens (tertiary/aromatic N) is 1. The largest absolute Gasteiger partial charge is 0.481 e. The van der Waals surface area contributed by atoms with Crippen molar-refractivity contribution in [2.24, 2.45) is 28.1 Å². The van der Waals surface area contributed by atoms with Crippen LogP contribution in [0.5, 0.6) is 0 Å². The fourth-order valence-electron chi connectivity index (χ4n) is 3.02. The Morgan fingerprint density at radius 2 is 1.56 bits per heavy atom. The normalized spacial score (nSPS) is 14.9. The van der Waals surface area contributed by atoms with Gasteiger partial charge in [0.05, 0.1) is 12.5 Å². The number of hydrogen-bond donors (Lipinski definition) is 8. The number of nitrogens with two attached hydrogens (primary N) is 3. The molecule has 0 rings (SSSR count). The summed E-state index contributed by atoms with van der Waals surface area (Å²) in [5.41, 5.74) is 16.3. The number of thioether (sulfide) groups is 1. The highest BCUT2D eigenvalue weighted by Crippen LogP contribution is 2.11. The fraction of sp³-hybridized carbons (Fsp3) is 0.714. The van der Waals surface area contributed by atoms with E-state index in [0.29, 0.717) is 18.6 Å². The van der Waals surface area contributed by atoms with Gasteiger partial charge in [-0.15, -0.1) is 0 Å². The van der Waals surface area contributed by atoms with Crippen LogP contribution in [0.15, 0.2) is 4.99 Å². The van der Waals surface area contributed by atoms with Crippen LogP contribution >= 0.6 is 11.8 Å². The van der Waals surface area contributed by atoms with Crippen LogP contribution in [0.1, 0.15) is 46.0 Å². The van der Waals surface area contributed by atoms with Gasteiger partial charge in [0, 0.05) is 6.54 Å². The van der Waals surface area contributed by atoms with E-state index in [-0.39, 0.29) is 25.3 Å². The Labute approximate surface area is 214 Å². The van der Waals surface area contributed by atoms with Crippen LogP contribution in [-0.4, -0.2) is 88.6 Å². The van der Waals surface area contributed by atoms with Crippen LogP contribution in [0.3, 0.4) is 0 Å². The van der Waals surface area contributed by atoms with Gasteiger partial charge >= 0.3 is 11.9 Å². The molecule has 0 heterocycles. The average molecular weight is 534 g/mol. The minimum Gasteiger partial charge on any atom is -0.481 e. The predicted octanol–water partition coefficient (Wildman–Crippen LogP) is -1.82. The number of amides is 3. The molecule has 36 heavy (non-hydrogen) atoms. The molecule has 0 radical (unpaired) electrons. The number of carboxylic acids is 2. The second-order valence-corrected chi connectivity index (χ2v) is 9.25. The molecule has 0 aromatic rings. The zero-order valence-electron chi connectivity index (χ0n) is 20.9. The standard InChI is InChI=1S/C21H39N7O7S/c1-4-11(2)16(19(33)26-13(20(34)35)6-5-8-25-21(23)24)28-18(32)14(10-15(29)30)27-17(31)12(22)7-9-36-3/h11-14,16H,4-10,22H2,1-3H3,(H,26,33)(H,27,31)(H,28,32)(H,29,30)(H,34,35)(H4,23,24,25). The van der Waals surface area contributed by atoms with E-state index in [1.807, 2.05) is 6.26 Å². The van der Waals surface area contributed by atoms with Crippen LogP contribution in [0.4, 0.5) is 0 Å². The smallest absolute Gasteiger partial charge is 0.326 e. The van der Waals surface area contributed by atoms with Gasteiger partial charge in [-0.05, 0) is 37.2 Å². The lowest BCUT2D eigenvalue weighted by Gasteiger charge is -2.27. The lowest BCUT2D eigenvalue weighted by atomic mass is 9.97. The molecule has 0 aliphatic carbocycles. The number of aliphatic imine (C=N–C) groups is 1. The van der Waals surface area contributed by atoms with Crippen LogP contribution in [0.2, 0.25) is 0 Å². The molecule has 0 aliphatic heterocycles. The lowest BCUT2D eigenvalue weighted by molar-refractivity contribution is -0.143. The molecular formula is C21H39N7O7S. The number of aliphatic carboxylic acids is 2. The van der Waals surface area contributed by atoms with E-state index < -0.39 is 66.2 Å². The van der Waals surface area contributed by atoms with E-state index in [1.165, 1.54) is 11.8 Å². The highest BCUT2D eigenvalue weighted by Gasteiger charge is 2.33. The summed E-state index contributed by atoms with van der Waals surface area (Å²) in [6, 6.07) is -4.87. The first-order valence-electron chi connectivity index (χ1n) is 11.5. The van der Waals surface area contributed by atoms with Crippen molar-refractivity contribution in [1.29, 1.82) is 0 Å². The second kappa shape index (κ2) is 17.4. The number of hydrogen-bond acceptors (Lipinski definition) is 8. The average Bonchev–Trinajstić information content (AvgIpc) is 2.80. The third kappa shape index (κ3) is 13.1. The molecule has 0 aromatic heterocycles. The van der Waals surface area contributed by atoms with Crippen LogP contribution < -0.4 is 33.2 Å². The summed E-state index contributed by atoms with van der Waals surface area (Å²) in [6.07, 6.45) is 2.18. The maximum Gasteiger partial charge on any atom is 0.326 e. The monoisotopic (exact) mass is 533 g/mol. The van der Waals surface area contributed by atoms with Crippen LogP contribution in [-0.2, 0) is 24.0 Å². The van der Waals surface area contributed by atoms with Crippen molar-refractivity contribution in [2.75, 3.05) is 18.6 Å². The van der Waals surface area contributed by atoms with Gasteiger partial charge in [-0.3, -0.25) is 24.2 Å². The van der Waals surface area contributed by atoms with E-state index in [1.54, 1.807) is 13.8 Å². The van der Waals surface area contributed by atoms with Gasteiger partial charge in [0.1, 0.15) is 18.1 Å². The maximum atomic E-state index is 12.9. The fourth-order valence-corrected chi connectivity index (χ4v) is 3.51. The third-order valence-corrected chi connectivity index (χ3v) is 5.98. The minimum atomic E-state index is -1.48. The van der Waals surface area contributed by atoms with Crippen molar-refractivity contribution in [3.8, 4) is 0 Å². The van der Waals surface area contributed by atoms with Crippen molar-refractivity contribution >= 4 is 47.4 Å². The summed E-state index contributed by atoms with van der Waals surface area (Å²) in [4.78, 5) is 64.9. The molecule has 3 amide bonds. The lowest BCUT2D eigenvalue weighted by Crippen LogP contribution is -2.59. The topological polar surface area (TPSA) is 252 Å². The number of rotatable bonds is 18. The minimum absolute atomic E-state index is 0.0324. The molecular weight excluding hydrogens is 494 g/mol. The molecule has 0 aliphatic rings. The summed E-state index contributed by atoms with van der Waals surface area (Å²) >= 11 is 1.48. The molecule has 5 unspecified atom stereocenters. The van der Waals surface area contributed by atoms with Crippen LogP contribution in [0, 0.1) is 5.92 Å². The number of carbonyl (C=O) groups excluding carboxylic acids is 3. The number of nitrogens with one attached hydrogen (secondary N) is 3. The molecule has 0 bridgehead atoms. The van der Waals surface area contributed by atoms with E-state index in [4.69, 9.17) is 17.2 Å². The first-order chi connectivity index (χ1) is 16.8. The molecule has 14 nitrogen and oxygen atoms in total. The van der Waals surface area contributed by atoms with Gasteiger partial charge in [0.25, 0.3) is 0 Å². The molecule has 0 saturated carbocycles. The van der Waals surface area contributed by atoms with E-state index in [2.05, 4.69) is 20.9 Å². The van der Waals surface area contributed by atoms with Gasteiger partial charge in [0.2, 0.25) is 17.7 Å². The third-order valence-electron chi connectivity index (χ3n) is 5.33. The van der Waals surface area contributed by atoms with Crippen LogP contribution in [0.25, 0.3) is 0 Å². The van der Waals surface area contributed by atoms with Crippen molar-refractivity contribution in [1.82, 2.24) is 16.0 Å². The van der Waals surface area contributed by atoms with Crippen molar-refractivity contribution in [2.45, 2.75) is 70.1 Å².